The fraction of sp³-hybridized carbons (Fsp3) is 0.115. The lowest BCUT2D eigenvalue weighted by atomic mass is 10.0. The first-order chi connectivity index (χ1) is 16.6. The van der Waals surface area contributed by atoms with Crippen LogP contribution in [-0.4, -0.2) is 23.2 Å². The second-order valence-corrected chi connectivity index (χ2v) is 8.58. The third-order valence-electron chi connectivity index (χ3n) is 5.26. The van der Waals surface area contributed by atoms with Gasteiger partial charge in [0, 0.05) is 0 Å². The van der Waals surface area contributed by atoms with Crippen molar-refractivity contribution in [3.05, 3.63) is 89.1 Å². The Bertz CT molecular complexity index is 1460. The lowest BCUT2D eigenvalue weighted by molar-refractivity contribution is 0.102. The van der Waals surface area contributed by atoms with Crippen molar-refractivity contribution in [2.24, 2.45) is 0 Å². The molecule has 0 radical (unpaired) electrons. The van der Waals surface area contributed by atoms with Crippen molar-refractivity contribution in [3.63, 3.8) is 0 Å². The second kappa shape index (κ2) is 9.36. The van der Waals surface area contributed by atoms with E-state index in [1.165, 1.54) is 11.3 Å². The first-order valence-corrected chi connectivity index (χ1v) is 11.5. The molecule has 0 aliphatic carbocycles. The Morgan fingerprint density at radius 1 is 1.03 bits per heavy atom. The van der Waals surface area contributed by atoms with Crippen molar-refractivity contribution in [2.45, 2.75) is 13.5 Å². The van der Waals surface area contributed by atoms with Crippen molar-refractivity contribution in [1.29, 1.82) is 0 Å². The topological polar surface area (TPSA) is 86.5 Å². The summed E-state index contributed by atoms with van der Waals surface area (Å²) in [6, 6.07) is 20.9. The Labute approximate surface area is 200 Å². The average molecular weight is 472 g/mol. The van der Waals surface area contributed by atoms with Gasteiger partial charge in [0.1, 0.15) is 11.5 Å². The average Bonchev–Trinajstić information content (AvgIpc) is 3.54. The zero-order valence-corrected chi connectivity index (χ0v) is 19.4. The summed E-state index contributed by atoms with van der Waals surface area (Å²) in [6.45, 7) is 1.99. The molecule has 0 aliphatic heterocycles. The van der Waals surface area contributed by atoms with Gasteiger partial charge in [0.15, 0.2) is 6.61 Å². The van der Waals surface area contributed by atoms with Crippen LogP contribution in [-0.2, 0) is 6.61 Å². The van der Waals surface area contributed by atoms with Gasteiger partial charge in [0.25, 0.3) is 11.8 Å². The van der Waals surface area contributed by atoms with Gasteiger partial charge >= 0.3 is 0 Å². The fourth-order valence-electron chi connectivity index (χ4n) is 3.58. The molecule has 0 saturated heterocycles. The number of methoxy groups -OCH3 is 1. The molecule has 2 heterocycles. The summed E-state index contributed by atoms with van der Waals surface area (Å²) in [4.78, 5) is 18.6. The number of anilines is 1. The van der Waals surface area contributed by atoms with Crippen LogP contribution in [0.25, 0.3) is 21.5 Å². The minimum Gasteiger partial charge on any atom is -0.495 e. The van der Waals surface area contributed by atoms with Crippen LogP contribution in [0.2, 0.25) is 0 Å². The molecule has 8 heteroatoms. The maximum atomic E-state index is 13.3. The Balaban J connectivity index is 1.44. The highest BCUT2D eigenvalue weighted by molar-refractivity contribution is 7.13. The van der Waals surface area contributed by atoms with Crippen LogP contribution in [0, 0.1) is 6.92 Å². The van der Waals surface area contributed by atoms with E-state index in [0.29, 0.717) is 34.5 Å². The van der Waals surface area contributed by atoms with Crippen LogP contribution in [0.5, 0.6) is 11.5 Å². The first-order valence-electron chi connectivity index (χ1n) is 10.6. The third kappa shape index (κ3) is 4.49. The summed E-state index contributed by atoms with van der Waals surface area (Å²) in [7, 11) is 1.57. The Morgan fingerprint density at radius 3 is 2.62 bits per heavy atom. The molecule has 5 aromatic rings. The maximum Gasteiger partial charge on any atom is 0.264 e. The number of thiophene rings is 1. The number of nitrogens with one attached hydrogen (secondary N) is 1. The minimum atomic E-state index is -0.311. The molecule has 5 rings (SSSR count). The zero-order valence-electron chi connectivity index (χ0n) is 18.6. The molecule has 170 valence electrons. The van der Waals surface area contributed by atoms with Gasteiger partial charge in [-0.25, -0.2) is 0 Å². The number of benzene rings is 3. The molecule has 2 aromatic heterocycles. The monoisotopic (exact) mass is 471 g/mol. The van der Waals surface area contributed by atoms with E-state index in [4.69, 9.17) is 14.0 Å². The highest BCUT2D eigenvalue weighted by Gasteiger charge is 2.18. The molecule has 0 atom stereocenters. The minimum absolute atomic E-state index is 0.0325. The molecule has 0 unspecified atom stereocenters. The highest BCUT2D eigenvalue weighted by Crippen LogP contribution is 2.30. The number of amides is 1. The first kappa shape index (κ1) is 21.7. The molecule has 34 heavy (non-hydrogen) atoms. The molecule has 7 nitrogen and oxygen atoms in total. The SMILES string of the molecule is COc1ccc(C)cc1NC(=O)c1cc2ccccc2cc1OCc1nc(-c2cccs2)no1. The smallest absolute Gasteiger partial charge is 0.264 e. The van der Waals surface area contributed by atoms with Gasteiger partial charge in [0.2, 0.25) is 5.82 Å². The number of ether oxygens (including phenoxy) is 2. The molecule has 0 fully saturated rings. The van der Waals surface area contributed by atoms with Crippen molar-refractivity contribution in [1.82, 2.24) is 10.1 Å². The van der Waals surface area contributed by atoms with E-state index in [1.807, 2.05) is 79.0 Å². The molecule has 0 spiro atoms. The third-order valence-corrected chi connectivity index (χ3v) is 6.12. The molecule has 0 aliphatic rings. The van der Waals surface area contributed by atoms with Crippen LogP contribution >= 0.6 is 11.3 Å². The van der Waals surface area contributed by atoms with E-state index in [9.17, 15) is 4.79 Å². The lowest BCUT2D eigenvalue weighted by Gasteiger charge is -2.14. The van der Waals surface area contributed by atoms with Gasteiger partial charge in [-0.3, -0.25) is 4.79 Å². The van der Waals surface area contributed by atoms with Gasteiger partial charge in [-0.1, -0.05) is 41.6 Å². The maximum absolute atomic E-state index is 13.3. The summed E-state index contributed by atoms with van der Waals surface area (Å²) < 4.78 is 16.8. The van der Waals surface area contributed by atoms with Gasteiger partial charge in [0.05, 0.1) is 23.2 Å². The van der Waals surface area contributed by atoms with Crippen LogP contribution in [0.15, 0.2) is 76.6 Å². The summed E-state index contributed by atoms with van der Waals surface area (Å²) in [5, 5.41) is 10.8. The number of carbonyl (C=O) groups is 1. The Morgan fingerprint density at radius 2 is 1.85 bits per heavy atom. The molecular formula is C26H21N3O4S. The van der Waals surface area contributed by atoms with E-state index in [2.05, 4.69) is 15.5 Å². The largest absolute Gasteiger partial charge is 0.495 e. The van der Waals surface area contributed by atoms with E-state index < -0.39 is 0 Å². The van der Waals surface area contributed by atoms with Crippen LogP contribution < -0.4 is 14.8 Å². The van der Waals surface area contributed by atoms with Crippen molar-refractivity contribution in [2.75, 3.05) is 12.4 Å². The highest BCUT2D eigenvalue weighted by atomic mass is 32.1. The number of fused-ring (bicyclic) bond motifs is 1. The summed E-state index contributed by atoms with van der Waals surface area (Å²) in [5.41, 5.74) is 1.98. The number of nitrogens with zero attached hydrogens (tertiary/aromatic N) is 2. The normalized spacial score (nSPS) is 10.9. The van der Waals surface area contributed by atoms with Crippen molar-refractivity contribution in [3.8, 4) is 22.2 Å². The number of aryl methyl sites for hydroxylation is 1. The van der Waals surface area contributed by atoms with E-state index in [1.54, 1.807) is 7.11 Å². The Kier molecular flexibility index (Phi) is 5.97. The van der Waals surface area contributed by atoms with Gasteiger partial charge < -0.3 is 19.3 Å². The standard InChI is InChI=1S/C26H21N3O4S/c1-16-9-10-21(31-2)20(12-16)27-26(30)19-13-17-6-3-4-7-18(17)14-22(19)32-15-24-28-25(29-33-24)23-8-5-11-34-23/h3-14H,15H2,1-2H3,(H,27,30). The summed E-state index contributed by atoms with van der Waals surface area (Å²) in [6.07, 6.45) is 0. The summed E-state index contributed by atoms with van der Waals surface area (Å²) in [5.74, 6) is 1.52. The summed E-state index contributed by atoms with van der Waals surface area (Å²) >= 11 is 1.53. The van der Waals surface area contributed by atoms with E-state index in [0.717, 1.165) is 21.2 Å². The molecular weight excluding hydrogens is 450 g/mol. The number of rotatable bonds is 7. The van der Waals surface area contributed by atoms with Crippen LogP contribution in [0.1, 0.15) is 21.8 Å². The second-order valence-electron chi connectivity index (χ2n) is 7.63. The van der Waals surface area contributed by atoms with Crippen LogP contribution in [0.4, 0.5) is 5.69 Å². The molecule has 1 amide bonds. The zero-order chi connectivity index (χ0) is 23.5. The van der Waals surface area contributed by atoms with Crippen molar-refractivity contribution < 1.29 is 18.8 Å². The van der Waals surface area contributed by atoms with E-state index >= 15 is 0 Å². The Hall–Kier alpha value is -4.17. The predicted octanol–water partition coefficient (Wildman–Crippen LogP) is 6.10. The fourth-order valence-corrected chi connectivity index (χ4v) is 4.23. The number of carbonyl (C=O) groups excluding carboxylic acids is 1. The molecule has 1 N–H and O–H groups in total. The number of aromatic nitrogens is 2. The lowest BCUT2D eigenvalue weighted by Crippen LogP contribution is -2.14. The van der Waals surface area contributed by atoms with E-state index in [-0.39, 0.29) is 12.5 Å². The molecule has 0 saturated carbocycles. The number of hydrogen-bond acceptors (Lipinski definition) is 7. The van der Waals surface area contributed by atoms with Gasteiger partial charge in [-0.15, -0.1) is 11.3 Å². The molecule has 3 aromatic carbocycles. The van der Waals surface area contributed by atoms with Crippen molar-refractivity contribution >= 4 is 33.7 Å². The van der Waals surface area contributed by atoms with Crippen LogP contribution in [0.3, 0.4) is 0 Å². The quantitative estimate of drug-likeness (QED) is 0.309. The molecule has 0 bridgehead atoms. The van der Waals surface area contributed by atoms with Gasteiger partial charge in [-0.2, -0.15) is 4.98 Å². The predicted molar refractivity (Wildman–Crippen MR) is 132 cm³/mol. The number of hydrogen-bond donors (Lipinski definition) is 1. The van der Waals surface area contributed by atoms with Gasteiger partial charge in [-0.05, 0) is 59.0 Å².